The molecule has 1 nitrogen and oxygen atoms in total. The van der Waals surface area contributed by atoms with E-state index in [9.17, 15) is 0 Å². The number of rotatable bonds is 1. The summed E-state index contributed by atoms with van der Waals surface area (Å²) in [4.78, 5) is 4.54. The fraction of sp³-hybridized carbons (Fsp3) is 0.308. The summed E-state index contributed by atoms with van der Waals surface area (Å²) in [6.45, 7) is 6.33. The molecule has 0 aliphatic rings. The zero-order valence-electron chi connectivity index (χ0n) is 9.07. The molecule has 0 spiro atoms. The van der Waals surface area contributed by atoms with Crippen LogP contribution in [0.1, 0.15) is 31.2 Å². The fourth-order valence-corrected chi connectivity index (χ4v) is 1.14. The molecule has 1 heterocycles. The van der Waals surface area contributed by atoms with Crippen molar-refractivity contribution in [2.24, 2.45) is 0 Å². The van der Waals surface area contributed by atoms with E-state index in [0.717, 1.165) is 11.4 Å². The van der Waals surface area contributed by atoms with Crippen LogP contribution < -0.4 is 0 Å². The molecule has 1 rings (SSSR count). The van der Waals surface area contributed by atoms with Gasteiger partial charge in [-0.15, -0.1) is 0 Å². The van der Waals surface area contributed by atoms with Crippen molar-refractivity contribution in [2.45, 2.75) is 26.7 Å². The van der Waals surface area contributed by atoms with Crippen LogP contribution in [0.4, 0.5) is 0 Å². The van der Waals surface area contributed by atoms with Gasteiger partial charge in [0.2, 0.25) is 0 Å². The van der Waals surface area contributed by atoms with Crippen LogP contribution >= 0.6 is 0 Å². The lowest BCUT2D eigenvalue weighted by molar-refractivity contribution is 0.819. The molecule has 0 aliphatic heterocycles. The van der Waals surface area contributed by atoms with Crippen molar-refractivity contribution in [2.75, 3.05) is 0 Å². The van der Waals surface area contributed by atoms with Gasteiger partial charge in [-0.25, -0.2) is 0 Å². The van der Waals surface area contributed by atoms with Gasteiger partial charge >= 0.3 is 0 Å². The zero-order valence-corrected chi connectivity index (χ0v) is 9.07. The minimum absolute atomic E-state index is 0.464. The SMILES string of the molecule is Cc1cccccccc(C(C)C)n1. The summed E-state index contributed by atoms with van der Waals surface area (Å²) in [5.41, 5.74) is 2.17. The topological polar surface area (TPSA) is 12.9 Å². The third-order valence-corrected chi connectivity index (χ3v) is 1.95. The third kappa shape index (κ3) is 3.56. The van der Waals surface area contributed by atoms with Crippen molar-refractivity contribution in [3.05, 3.63) is 53.9 Å². The second-order valence-corrected chi connectivity index (χ2v) is 3.63. The second kappa shape index (κ2) is 5.38. The molecule has 1 aromatic heterocycles. The number of aromatic nitrogens is 1. The van der Waals surface area contributed by atoms with E-state index < -0.39 is 0 Å². The van der Waals surface area contributed by atoms with Gasteiger partial charge in [-0.3, -0.25) is 4.98 Å². The molecule has 0 unspecified atom stereocenters. The number of nitrogens with zero attached hydrogens (tertiary/aromatic N) is 1. The fourth-order valence-electron chi connectivity index (χ4n) is 1.14. The molecule has 0 saturated carbocycles. The normalized spacial score (nSPS) is 9.71. The lowest BCUT2D eigenvalue weighted by Crippen LogP contribution is -1.90. The molecule has 0 aliphatic carbocycles. The molecular formula is C13H17N. The Labute approximate surface area is 86.2 Å². The lowest BCUT2D eigenvalue weighted by Gasteiger charge is -2.01. The smallest absolute Gasteiger partial charge is 0.0432 e. The zero-order chi connectivity index (χ0) is 10.4. The molecule has 74 valence electrons. The van der Waals surface area contributed by atoms with E-state index in [1.807, 2.05) is 43.3 Å². The monoisotopic (exact) mass is 187 g/mol. The summed E-state index contributed by atoms with van der Waals surface area (Å²) < 4.78 is 0. The highest BCUT2D eigenvalue weighted by Crippen LogP contribution is 2.08. The van der Waals surface area contributed by atoms with E-state index in [4.69, 9.17) is 0 Å². The van der Waals surface area contributed by atoms with Crippen LogP contribution in [0.5, 0.6) is 0 Å². The van der Waals surface area contributed by atoms with Gasteiger partial charge in [-0.05, 0) is 25.0 Å². The van der Waals surface area contributed by atoms with Crippen LogP contribution in [0.15, 0.2) is 42.5 Å². The molecular weight excluding hydrogens is 170 g/mol. The van der Waals surface area contributed by atoms with Crippen molar-refractivity contribution >= 4 is 0 Å². The first-order valence-electron chi connectivity index (χ1n) is 4.97. The lowest BCUT2D eigenvalue weighted by atomic mass is 10.1. The molecule has 1 aromatic rings. The van der Waals surface area contributed by atoms with Crippen molar-refractivity contribution < 1.29 is 0 Å². The molecule has 0 amide bonds. The van der Waals surface area contributed by atoms with Crippen molar-refractivity contribution in [3.8, 4) is 0 Å². The van der Waals surface area contributed by atoms with E-state index in [2.05, 4.69) is 24.9 Å². The summed E-state index contributed by atoms with van der Waals surface area (Å²) in [5.74, 6) is 0.464. The van der Waals surface area contributed by atoms with Crippen LogP contribution in [0, 0.1) is 6.92 Å². The van der Waals surface area contributed by atoms with Gasteiger partial charge in [0.1, 0.15) is 0 Å². The Bertz CT molecular complexity index is 341. The maximum atomic E-state index is 4.54. The van der Waals surface area contributed by atoms with Gasteiger partial charge in [0.15, 0.2) is 0 Å². The van der Waals surface area contributed by atoms with Gasteiger partial charge in [0.05, 0.1) is 0 Å². The van der Waals surface area contributed by atoms with Crippen LogP contribution in [-0.4, -0.2) is 4.98 Å². The highest BCUT2D eigenvalue weighted by atomic mass is 14.7. The maximum Gasteiger partial charge on any atom is 0.0432 e. The van der Waals surface area contributed by atoms with E-state index in [-0.39, 0.29) is 0 Å². The highest BCUT2D eigenvalue weighted by molar-refractivity contribution is 5.09. The molecule has 0 aromatic carbocycles. The summed E-state index contributed by atoms with van der Waals surface area (Å²) in [5, 5.41) is 0. The van der Waals surface area contributed by atoms with Gasteiger partial charge in [0, 0.05) is 11.4 Å². The van der Waals surface area contributed by atoms with E-state index >= 15 is 0 Å². The first-order valence-corrected chi connectivity index (χ1v) is 4.97. The standard InChI is InChI=1S/C13H17N/c1-11(2)13-10-8-6-4-5-7-9-12(3)14-13/h4-11H,1-3H3. The maximum absolute atomic E-state index is 4.54. The van der Waals surface area contributed by atoms with Crippen molar-refractivity contribution in [1.82, 2.24) is 4.98 Å². The number of hydrogen-bond donors (Lipinski definition) is 0. The minimum atomic E-state index is 0.464. The largest absolute Gasteiger partial charge is 0.258 e. The number of aryl methyl sites for hydroxylation is 1. The summed E-state index contributed by atoms with van der Waals surface area (Å²) in [6.07, 6.45) is 0. The summed E-state index contributed by atoms with van der Waals surface area (Å²) in [6, 6.07) is 14.2. The molecule has 1 heteroatoms. The molecule has 0 atom stereocenters. The quantitative estimate of drug-likeness (QED) is 0.654. The van der Waals surface area contributed by atoms with Crippen molar-refractivity contribution in [3.63, 3.8) is 0 Å². The predicted octanol–water partition coefficient (Wildman–Crippen LogP) is 3.64. The Morgan fingerprint density at radius 2 is 1.50 bits per heavy atom. The van der Waals surface area contributed by atoms with Crippen LogP contribution in [0.3, 0.4) is 0 Å². The first-order chi connectivity index (χ1) is 6.70. The minimum Gasteiger partial charge on any atom is -0.258 e. The Hall–Kier alpha value is -1.37. The Kier molecular flexibility index (Phi) is 4.11. The van der Waals surface area contributed by atoms with E-state index in [1.54, 1.807) is 0 Å². The predicted molar refractivity (Wildman–Crippen MR) is 60.7 cm³/mol. The van der Waals surface area contributed by atoms with Gasteiger partial charge in [-0.1, -0.05) is 44.2 Å². The average Bonchev–Trinajstić information content (AvgIpc) is 2.15. The Morgan fingerprint density at radius 3 is 2.14 bits per heavy atom. The summed E-state index contributed by atoms with van der Waals surface area (Å²) in [7, 11) is 0. The molecule has 0 radical (unpaired) electrons. The first kappa shape index (κ1) is 10.7. The van der Waals surface area contributed by atoms with Gasteiger partial charge in [-0.2, -0.15) is 0 Å². The Balaban J connectivity index is 3.26. The van der Waals surface area contributed by atoms with Crippen LogP contribution in [0.2, 0.25) is 0 Å². The van der Waals surface area contributed by atoms with Gasteiger partial charge in [0.25, 0.3) is 0 Å². The molecule has 0 fully saturated rings. The third-order valence-electron chi connectivity index (χ3n) is 1.95. The van der Waals surface area contributed by atoms with Crippen molar-refractivity contribution in [1.29, 1.82) is 0 Å². The van der Waals surface area contributed by atoms with Crippen LogP contribution in [-0.2, 0) is 0 Å². The van der Waals surface area contributed by atoms with Gasteiger partial charge < -0.3 is 0 Å². The van der Waals surface area contributed by atoms with E-state index in [0.29, 0.717) is 5.92 Å². The van der Waals surface area contributed by atoms with Crippen LogP contribution in [0.25, 0.3) is 0 Å². The molecule has 14 heavy (non-hydrogen) atoms. The number of hydrogen-bond acceptors (Lipinski definition) is 1. The second-order valence-electron chi connectivity index (χ2n) is 3.63. The molecule has 0 N–H and O–H groups in total. The molecule has 0 bridgehead atoms. The molecule has 0 saturated heterocycles. The summed E-state index contributed by atoms with van der Waals surface area (Å²) >= 11 is 0. The highest BCUT2D eigenvalue weighted by Gasteiger charge is 1.96. The average molecular weight is 187 g/mol. The Morgan fingerprint density at radius 1 is 0.929 bits per heavy atom. The van der Waals surface area contributed by atoms with E-state index in [1.165, 1.54) is 0 Å².